The van der Waals surface area contributed by atoms with Crippen LogP contribution in [0.4, 0.5) is 0 Å². The molecule has 0 spiro atoms. The van der Waals surface area contributed by atoms with Gasteiger partial charge in [-0.3, -0.25) is 9.78 Å². The van der Waals surface area contributed by atoms with E-state index in [9.17, 15) is 19.8 Å². The summed E-state index contributed by atoms with van der Waals surface area (Å²) < 4.78 is 0. The molecule has 1 aliphatic rings. The van der Waals surface area contributed by atoms with Crippen molar-refractivity contribution < 1.29 is 19.8 Å². The van der Waals surface area contributed by atoms with Crippen molar-refractivity contribution >= 4 is 17.6 Å². The number of dihydropyridines is 1. The van der Waals surface area contributed by atoms with Gasteiger partial charge >= 0.3 is 11.9 Å². The molecule has 1 aliphatic heterocycles. The summed E-state index contributed by atoms with van der Waals surface area (Å²) in [6.07, 6.45) is 53.3. The summed E-state index contributed by atoms with van der Waals surface area (Å²) in [4.78, 5) is 39.6. The molecular formula is C60H92N4O4. The standard InChI is InChI=1S/C60H92N4O4/c1-3-5-7-9-11-13-15-17-19-21-23-25-27-29-31-33-35-38-50-41-44-61-54(46-50)56-48-51(58(65)66)47-55(64-56)52-39-37-40-53(63-52)57-49-60(59(67)68,43-45-62-57)42-36-34-32-30-28-26-24-22-20-18-16-14-12-10-8-6-4-2/h37,39-41,43-49,62H,3-36,38,42H2,1-2H3,(H,65,66)(H,67,68). The van der Waals surface area contributed by atoms with Crippen molar-refractivity contribution in [3.63, 3.8) is 0 Å². The number of carbonyl (C=O) groups is 2. The van der Waals surface area contributed by atoms with Gasteiger partial charge in [0.25, 0.3) is 0 Å². The maximum absolute atomic E-state index is 12.8. The summed E-state index contributed by atoms with van der Waals surface area (Å²) >= 11 is 0. The molecule has 4 heterocycles. The number of aromatic nitrogens is 3. The fourth-order valence-electron chi connectivity index (χ4n) is 9.78. The monoisotopic (exact) mass is 933 g/mol. The Bertz CT molecular complexity index is 1910. The molecule has 1 unspecified atom stereocenters. The van der Waals surface area contributed by atoms with Gasteiger partial charge in [-0.25, -0.2) is 14.8 Å². The van der Waals surface area contributed by atoms with Gasteiger partial charge in [-0.2, -0.15) is 0 Å². The number of carboxylic acid groups (broad SMARTS) is 2. The van der Waals surface area contributed by atoms with Crippen molar-refractivity contribution in [3.05, 3.63) is 83.8 Å². The highest BCUT2D eigenvalue weighted by Gasteiger charge is 2.36. The molecule has 0 amide bonds. The highest BCUT2D eigenvalue weighted by Crippen LogP contribution is 2.35. The second-order valence-corrected chi connectivity index (χ2v) is 20.1. The molecule has 376 valence electrons. The van der Waals surface area contributed by atoms with Crippen LogP contribution in [0.2, 0.25) is 0 Å². The van der Waals surface area contributed by atoms with E-state index in [1.165, 1.54) is 198 Å². The van der Waals surface area contributed by atoms with Crippen molar-refractivity contribution in [2.45, 2.75) is 245 Å². The zero-order valence-electron chi connectivity index (χ0n) is 42.9. The number of pyridine rings is 3. The number of hydrogen-bond donors (Lipinski definition) is 3. The van der Waals surface area contributed by atoms with Crippen molar-refractivity contribution in [1.29, 1.82) is 0 Å². The Morgan fingerprint density at radius 2 is 0.926 bits per heavy atom. The van der Waals surface area contributed by atoms with Gasteiger partial charge in [0.05, 0.1) is 39.7 Å². The molecule has 0 radical (unpaired) electrons. The van der Waals surface area contributed by atoms with Crippen molar-refractivity contribution in [2.75, 3.05) is 0 Å². The topological polar surface area (TPSA) is 125 Å². The Kier molecular flexibility index (Phi) is 28.9. The predicted octanol–water partition coefficient (Wildman–Crippen LogP) is 17.7. The van der Waals surface area contributed by atoms with Crippen molar-refractivity contribution in [2.24, 2.45) is 5.41 Å². The third-order valence-corrected chi connectivity index (χ3v) is 14.1. The van der Waals surface area contributed by atoms with Crippen LogP contribution < -0.4 is 5.32 Å². The largest absolute Gasteiger partial charge is 0.480 e. The SMILES string of the molecule is CCCCCCCCCCCCCCCCCCCc1ccnc(-c2cc(C(=O)O)cc(-c3cccc(C4=CC(CCCCCCCCCCCCCCCCCCC)(C(=O)O)C=CN4)n3)n2)c1. The zero-order chi connectivity index (χ0) is 48.3. The first-order valence-electron chi connectivity index (χ1n) is 27.9. The predicted molar refractivity (Wildman–Crippen MR) is 285 cm³/mol. The summed E-state index contributed by atoms with van der Waals surface area (Å²) in [7, 11) is 0. The minimum absolute atomic E-state index is 0.106. The smallest absolute Gasteiger partial charge is 0.335 e. The lowest BCUT2D eigenvalue weighted by Crippen LogP contribution is -2.31. The Labute approximate surface area is 413 Å². The minimum atomic E-state index is -1.13. The Morgan fingerprint density at radius 1 is 0.500 bits per heavy atom. The second-order valence-electron chi connectivity index (χ2n) is 20.1. The first kappa shape index (κ1) is 56.3. The van der Waals surface area contributed by atoms with E-state index in [4.69, 9.17) is 9.97 Å². The second kappa shape index (κ2) is 34.9. The average Bonchev–Trinajstić information content (AvgIpc) is 3.36. The van der Waals surface area contributed by atoms with Crippen LogP contribution in [0.3, 0.4) is 0 Å². The van der Waals surface area contributed by atoms with E-state index >= 15 is 0 Å². The normalized spacial score (nSPS) is 14.5. The van der Waals surface area contributed by atoms with Gasteiger partial charge in [-0.15, -0.1) is 0 Å². The number of hydrogen-bond acceptors (Lipinski definition) is 6. The summed E-state index contributed by atoms with van der Waals surface area (Å²) in [5.41, 5.74) is 3.34. The lowest BCUT2D eigenvalue weighted by molar-refractivity contribution is -0.144. The van der Waals surface area contributed by atoms with Crippen LogP contribution in [-0.4, -0.2) is 37.1 Å². The van der Waals surface area contributed by atoms with Gasteiger partial charge in [0.1, 0.15) is 5.41 Å². The molecule has 0 saturated heterocycles. The zero-order valence-corrected chi connectivity index (χ0v) is 42.9. The number of aliphatic carboxylic acids is 1. The van der Waals surface area contributed by atoms with E-state index in [0.29, 0.717) is 40.6 Å². The molecule has 8 nitrogen and oxygen atoms in total. The third-order valence-electron chi connectivity index (χ3n) is 14.1. The number of aromatic carboxylic acids is 1. The Morgan fingerprint density at radius 3 is 1.40 bits per heavy atom. The van der Waals surface area contributed by atoms with E-state index in [1.54, 1.807) is 36.7 Å². The molecular weight excluding hydrogens is 841 g/mol. The van der Waals surface area contributed by atoms with E-state index in [0.717, 1.165) is 32.1 Å². The molecule has 0 saturated carbocycles. The molecule has 3 N–H and O–H groups in total. The molecule has 8 heteroatoms. The first-order chi connectivity index (χ1) is 33.3. The van der Waals surface area contributed by atoms with E-state index in [1.807, 2.05) is 30.3 Å². The van der Waals surface area contributed by atoms with Crippen LogP contribution in [0.25, 0.3) is 28.5 Å². The number of nitrogens with one attached hydrogen (secondary N) is 1. The fraction of sp³-hybridized carbons (Fsp3) is 0.650. The number of aryl methyl sites for hydroxylation is 1. The maximum atomic E-state index is 12.8. The summed E-state index contributed by atoms with van der Waals surface area (Å²) in [6, 6.07) is 12.7. The summed E-state index contributed by atoms with van der Waals surface area (Å²) in [5, 5.41) is 23.9. The molecule has 4 rings (SSSR count). The molecule has 0 aromatic carbocycles. The molecule has 1 atom stereocenters. The van der Waals surface area contributed by atoms with E-state index in [2.05, 4.69) is 24.1 Å². The minimum Gasteiger partial charge on any atom is -0.480 e. The molecule has 0 bridgehead atoms. The Hall–Kier alpha value is -4.33. The van der Waals surface area contributed by atoms with Gasteiger partial charge < -0.3 is 15.5 Å². The number of unbranched alkanes of at least 4 members (excludes halogenated alkanes) is 32. The third kappa shape index (κ3) is 22.4. The van der Waals surface area contributed by atoms with Gasteiger partial charge in [0, 0.05) is 6.20 Å². The highest BCUT2D eigenvalue weighted by atomic mass is 16.4. The van der Waals surface area contributed by atoms with Gasteiger partial charge in [-0.1, -0.05) is 232 Å². The number of nitrogens with zero attached hydrogens (tertiary/aromatic N) is 3. The number of rotatable bonds is 41. The van der Waals surface area contributed by atoms with E-state index in [-0.39, 0.29) is 5.56 Å². The van der Waals surface area contributed by atoms with Crippen molar-refractivity contribution in [1.82, 2.24) is 20.3 Å². The molecule has 3 aromatic rings. The van der Waals surface area contributed by atoms with Crippen LogP contribution >= 0.6 is 0 Å². The Balaban J connectivity index is 1.21. The summed E-state index contributed by atoms with van der Waals surface area (Å²) in [6.45, 7) is 4.56. The highest BCUT2D eigenvalue weighted by molar-refractivity contribution is 5.90. The van der Waals surface area contributed by atoms with Crippen LogP contribution in [0, 0.1) is 5.41 Å². The summed E-state index contributed by atoms with van der Waals surface area (Å²) in [5.74, 6) is -1.93. The van der Waals surface area contributed by atoms with Crippen LogP contribution in [0.1, 0.15) is 260 Å². The van der Waals surface area contributed by atoms with Gasteiger partial charge in [-0.05, 0) is 79.6 Å². The lowest BCUT2D eigenvalue weighted by atomic mass is 9.80. The molecule has 0 aliphatic carbocycles. The fourth-order valence-corrected chi connectivity index (χ4v) is 9.78. The van der Waals surface area contributed by atoms with Crippen LogP contribution in [-0.2, 0) is 11.2 Å². The van der Waals surface area contributed by atoms with E-state index < -0.39 is 17.4 Å². The van der Waals surface area contributed by atoms with Gasteiger partial charge in [0.15, 0.2) is 0 Å². The van der Waals surface area contributed by atoms with Gasteiger partial charge in [0.2, 0.25) is 0 Å². The number of carboxylic acids is 2. The first-order valence-corrected chi connectivity index (χ1v) is 27.9. The molecule has 3 aromatic heterocycles. The maximum Gasteiger partial charge on any atom is 0.335 e. The lowest BCUT2D eigenvalue weighted by Gasteiger charge is -2.27. The van der Waals surface area contributed by atoms with Crippen molar-refractivity contribution in [3.8, 4) is 22.8 Å². The van der Waals surface area contributed by atoms with Crippen LogP contribution in [0.15, 0.2) is 67.0 Å². The molecule has 68 heavy (non-hydrogen) atoms. The average molecular weight is 933 g/mol. The molecule has 0 fully saturated rings. The quantitative estimate of drug-likeness (QED) is 0.0481. The van der Waals surface area contributed by atoms with Crippen LogP contribution in [0.5, 0.6) is 0 Å².